The van der Waals surface area contributed by atoms with Crippen LogP contribution < -0.4 is 9.47 Å². The molecule has 1 saturated heterocycles. The van der Waals surface area contributed by atoms with E-state index in [2.05, 4.69) is 6.92 Å². The van der Waals surface area contributed by atoms with Gasteiger partial charge in [-0.3, -0.25) is 9.59 Å². The smallest absolute Gasteiger partial charge is 0.295 e. The lowest BCUT2D eigenvalue weighted by Gasteiger charge is -2.25. The Morgan fingerprint density at radius 2 is 1.76 bits per heavy atom. The monoisotopic (exact) mass is 453 g/mol. The largest absolute Gasteiger partial charge is 0.507 e. The lowest BCUT2D eigenvalue weighted by molar-refractivity contribution is -0.139. The summed E-state index contributed by atoms with van der Waals surface area (Å²) in [5, 5.41) is 21.4. The summed E-state index contributed by atoms with van der Waals surface area (Å²) in [5.74, 6) is -0.818. The van der Waals surface area contributed by atoms with Crippen molar-refractivity contribution < 1.29 is 29.3 Å². The minimum absolute atomic E-state index is 0.00305. The summed E-state index contributed by atoms with van der Waals surface area (Å²) in [6.07, 6.45) is 3.47. The Hall–Kier alpha value is -3.48. The van der Waals surface area contributed by atoms with Crippen molar-refractivity contribution in [3.8, 4) is 17.2 Å². The zero-order valence-electron chi connectivity index (χ0n) is 19.3. The molecule has 1 amide bonds. The number of ketones is 1. The molecule has 7 heteroatoms. The maximum absolute atomic E-state index is 13.0. The Labute approximate surface area is 194 Å². The predicted molar refractivity (Wildman–Crippen MR) is 125 cm³/mol. The summed E-state index contributed by atoms with van der Waals surface area (Å²) >= 11 is 0. The number of aliphatic hydroxyl groups excluding tert-OH is 1. The first-order chi connectivity index (χ1) is 15.9. The zero-order valence-corrected chi connectivity index (χ0v) is 19.3. The fourth-order valence-corrected chi connectivity index (χ4v) is 3.95. The van der Waals surface area contributed by atoms with Gasteiger partial charge in [-0.2, -0.15) is 0 Å². The molecule has 1 atom stereocenters. The van der Waals surface area contributed by atoms with E-state index in [9.17, 15) is 19.8 Å². The first-order valence-corrected chi connectivity index (χ1v) is 11.3. The Morgan fingerprint density at radius 3 is 2.36 bits per heavy atom. The molecule has 0 spiro atoms. The van der Waals surface area contributed by atoms with E-state index in [1.165, 1.54) is 18.1 Å². The molecule has 0 aromatic heterocycles. The molecule has 0 radical (unpaired) electrons. The Bertz CT molecular complexity index is 1030. The number of hydrogen-bond acceptors (Lipinski definition) is 6. The topological polar surface area (TPSA) is 96.3 Å². The fraction of sp³-hybridized carbons (Fsp3) is 0.385. The van der Waals surface area contributed by atoms with Crippen molar-refractivity contribution in [2.75, 3.05) is 20.3 Å². The van der Waals surface area contributed by atoms with Crippen LogP contribution >= 0.6 is 0 Å². The van der Waals surface area contributed by atoms with E-state index in [-0.39, 0.29) is 22.8 Å². The average molecular weight is 454 g/mol. The summed E-state index contributed by atoms with van der Waals surface area (Å²) in [5.41, 5.74) is 0.935. The molecule has 33 heavy (non-hydrogen) atoms. The highest BCUT2D eigenvalue weighted by Gasteiger charge is 2.46. The van der Waals surface area contributed by atoms with Gasteiger partial charge in [0.05, 0.1) is 25.3 Å². The molecule has 7 nitrogen and oxygen atoms in total. The van der Waals surface area contributed by atoms with Gasteiger partial charge in [0.15, 0.2) is 11.5 Å². The molecule has 1 fully saturated rings. The molecular weight excluding hydrogens is 422 g/mol. The molecule has 2 aromatic carbocycles. The number of ether oxygens (including phenoxy) is 2. The normalized spacial score (nSPS) is 17.4. The summed E-state index contributed by atoms with van der Waals surface area (Å²) in [6, 6.07) is 10.7. The highest BCUT2D eigenvalue weighted by Crippen LogP contribution is 2.42. The van der Waals surface area contributed by atoms with Crippen LogP contribution in [0.1, 0.15) is 56.7 Å². The number of carbonyl (C=O) groups excluding carboxylic acids is 2. The highest BCUT2D eigenvalue weighted by atomic mass is 16.5. The van der Waals surface area contributed by atoms with E-state index in [0.717, 1.165) is 25.7 Å². The zero-order chi connectivity index (χ0) is 24.0. The van der Waals surface area contributed by atoms with Gasteiger partial charge in [0, 0.05) is 12.1 Å². The average Bonchev–Trinajstić information content (AvgIpc) is 3.07. The van der Waals surface area contributed by atoms with Gasteiger partial charge in [-0.25, -0.2) is 0 Å². The Morgan fingerprint density at radius 1 is 1.03 bits per heavy atom. The molecule has 1 aliphatic heterocycles. The SMILES string of the molecule is CCCCCN1C(=O)C(=O)/C(=C(\O)c2ccc(OCCC)cc2)C1c1ccc(OC)c(O)c1. The van der Waals surface area contributed by atoms with Gasteiger partial charge in [0.25, 0.3) is 11.7 Å². The van der Waals surface area contributed by atoms with Gasteiger partial charge in [0.1, 0.15) is 11.5 Å². The Kier molecular flexibility index (Phi) is 7.98. The standard InChI is InChI=1S/C26H31NO6/c1-4-6-7-14-27-23(18-10-13-21(32-3)20(28)16-18)22(25(30)26(27)31)24(29)17-8-11-19(12-9-17)33-15-5-2/h8-13,16,23,28-29H,4-7,14-15H2,1-3H3/b24-22-. The number of benzene rings is 2. The number of rotatable bonds is 10. The van der Waals surface area contributed by atoms with E-state index < -0.39 is 17.7 Å². The molecule has 1 heterocycles. The van der Waals surface area contributed by atoms with Crippen LogP contribution in [0.5, 0.6) is 17.2 Å². The summed E-state index contributed by atoms with van der Waals surface area (Å²) in [7, 11) is 1.44. The van der Waals surface area contributed by atoms with Crippen molar-refractivity contribution in [1.82, 2.24) is 4.90 Å². The van der Waals surface area contributed by atoms with Crippen molar-refractivity contribution in [2.24, 2.45) is 0 Å². The third-order valence-corrected chi connectivity index (χ3v) is 5.66. The van der Waals surface area contributed by atoms with Gasteiger partial charge in [-0.05, 0) is 54.8 Å². The van der Waals surface area contributed by atoms with Gasteiger partial charge in [-0.1, -0.05) is 32.8 Å². The third-order valence-electron chi connectivity index (χ3n) is 5.66. The van der Waals surface area contributed by atoms with E-state index in [1.54, 1.807) is 36.4 Å². The van der Waals surface area contributed by atoms with Gasteiger partial charge < -0.3 is 24.6 Å². The van der Waals surface area contributed by atoms with Crippen LogP contribution in [0.25, 0.3) is 5.76 Å². The van der Waals surface area contributed by atoms with Crippen molar-refractivity contribution in [2.45, 2.75) is 45.6 Å². The number of unbranched alkanes of at least 4 members (excludes halogenated alkanes) is 2. The first-order valence-electron chi connectivity index (χ1n) is 11.3. The van der Waals surface area contributed by atoms with Crippen molar-refractivity contribution in [3.05, 3.63) is 59.2 Å². The van der Waals surface area contributed by atoms with Gasteiger partial charge in [0.2, 0.25) is 0 Å². The number of aliphatic hydroxyl groups is 1. The number of phenols is 1. The maximum atomic E-state index is 13.0. The van der Waals surface area contributed by atoms with Gasteiger partial charge in [-0.15, -0.1) is 0 Å². The lowest BCUT2D eigenvalue weighted by Crippen LogP contribution is -2.30. The Balaban J connectivity index is 2.06. The number of likely N-dealkylation sites (tertiary alicyclic amines) is 1. The van der Waals surface area contributed by atoms with Crippen LogP contribution in [-0.2, 0) is 9.59 Å². The summed E-state index contributed by atoms with van der Waals surface area (Å²) in [4.78, 5) is 27.5. The van der Waals surface area contributed by atoms with Crippen LogP contribution in [0.2, 0.25) is 0 Å². The second kappa shape index (κ2) is 10.9. The second-order valence-corrected chi connectivity index (χ2v) is 8.00. The molecule has 2 N–H and O–H groups in total. The van der Waals surface area contributed by atoms with Crippen LogP contribution in [0.15, 0.2) is 48.0 Å². The number of hydrogen-bond donors (Lipinski definition) is 2. The minimum atomic E-state index is -0.810. The van der Waals surface area contributed by atoms with Crippen molar-refractivity contribution in [3.63, 3.8) is 0 Å². The van der Waals surface area contributed by atoms with Crippen molar-refractivity contribution in [1.29, 1.82) is 0 Å². The number of methoxy groups -OCH3 is 1. The van der Waals surface area contributed by atoms with Gasteiger partial charge >= 0.3 is 0 Å². The maximum Gasteiger partial charge on any atom is 0.295 e. The molecule has 3 rings (SSSR count). The third kappa shape index (κ3) is 5.13. The van der Waals surface area contributed by atoms with Crippen LogP contribution in [0.3, 0.4) is 0 Å². The number of carbonyl (C=O) groups is 2. The summed E-state index contributed by atoms with van der Waals surface area (Å²) in [6.45, 7) is 5.02. The first kappa shape index (κ1) is 24.2. The van der Waals surface area contributed by atoms with E-state index in [4.69, 9.17) is 9.47 Å². The number of aromatic hydroxyl groups is 1. The molecular formula is C26H31NO6. The number of Topliss-reactive ketones (excluding diaryl/α,β-unsaturated/α-hetero) is 1. The van der Waals surface area contributed by atoms with E-state index in [0.29, 0.717) is 30.0 Å². The predicted octanol–water partition coefficient (Wildman–Crippen LogP) is 4.80. The molecule has 0 bridgehead atoms. The highest BCUT2D eigenvalue weighted by molar-refractivity contribution is 6.46. The quantitative estimate of drug-likeness (QED) is 0.232. The van der Waals surface area contributed by atoms with Crippen LogP contribution in [-0.4, -0.2) is 47.1 Å². The number of nitrogens with zero attached hydrogens (tertiary/aromatic N) is 1. The number of amides is 1. The minimum Gasteiger partial charge on any atom is -0.507 e. The summed E-state index contributed by atoms with van der Waals surface area (Å²) < 4.78 is 10.7. The van der Waals surface area contributed by atoms with Crippen LogP contribution in [0.4, 0.5) is 0 Å². The molecule has 0 aliphatic carbocycles. The lowest BCUT2D eigenvalue weighted by atomic mass is 9.95. The number of phenolic OH excluding ortho intramolecular Hbond substituents is 1. The van der Waals surface area contributed by atoms with E-state index >= 15 is 0 Å². The molecule has 1 aliphatic rings. The van der Waals surface area contributed by atoms with Crippen molar-refractivity contribution >= 4 is 17.4 Å². The fourth-order valence-electron chi connectivity index (χ4n) is 3.95. The second-order valence-electron chi connectivity index (χ2n) is 8.00. The van der Waals surface area contributed by atoms with E-state index in [1.807, 2.05) is 6.92 Å². The molecule has 0 saturated carbocycles. The molecule has 176 valence electrons. The molecule has 2 aromatic rings. The molecule has 1 unspecified atom stereocenters. The van der Waals surface area contributed by atoms with Crippen LogP contribution in [0, 0.1) is 0 Å².